The van der Waals surface area contributed by atoms with Gasteiger partial charge in [-0.1, -0.05) is 6.92 Å². The van der Waals surface area contributed by atoms with Gasteiger partial charge in [-0.05, 0) is 50.1 Å². The smallest absolute Gasteiger partial charge is 0.0724 e. The Kier molecular flexibility index (Phi) is 4.25. The van der Waals surface area contributed by atoms with Crippen molar-refractivity contribution in [2.45, 2.75) is 32.2 Å². The first-order chi connectivity index (χ1) is 10.3. The Morgan fingerprint density at radius 3 is 2.86 bits per heavy atom. The molecule has 0 atom stereocenters. The Hall–Kier alpha value is -1.81. The summed E-state index contributed by atoms with van der Waals surface area (Å²) < 4.78 is 0. The van der Waals surface area contributed by atoms with E-state index in [1.54, 1.807) is 6.20 Å². The average Bonchev–Trinajstić information content (AvgIpc) is 2.52. The van der Waals surface area contributed by atoms with E-state index in [4.69, 9.17) is 5.73 Å². The molecule has 0 bridgehead atoms. The number of hydrogen-bond donors (Lipinski definition) is 2. The van der Waals surface area contributed by atoms with E-state index in [-0.39, 0.29) is 0 Å². The highest BCUT2D eigenvalue weighted by Gasteiger charge is 2.19. The van der Waals surface area contributed by atoms with Crippen LogP contribution in [0.3, 0.4) is 0 Å². The molecule has 0 unspecified atom stereocenters. The van der Waals surface area contributed by atoms with Gasteiger partial charge in [-0.15, -0.1) is 0 Å². The molecule has 1 aromatic heterocycles. The normalized spacial score (nSPS) is 17.2. The number of benzene rings is 1. The molecule has 1 fully saturated rings. The number of nitrogens with two attached hydrogens (primary N) is 1. The third kappa shape index (κ3) is 3.10. The van der Waals surface area contributed by atoms with E-state index in [1.165, 1.54) is 38.9 Å². The molecule has 2 aromatic rings. The molecule has 4 nitrogen and oxygen atoms in total. The molecule has 1 aromatic carbocycles. The molecule has 1 saturated heterocycles. The monoisotopic (exact) mass is 284 g/mol. The average molecular weight is 284 g/mol. The Bertz CT molecular complexity index is 603. The number of nitrogens with one attached hydrogen (secondary N) is 1. The molecule has 1 aliphatic rings. The minimum atomic E-state index is 0.523. The van der Waals surface area contributed by atoms with Crippen molar-refractivity contribution >= 4 is 22.3 Å². The van der Waals surface area contributed by atoms with Gasteiger partial charge in [0.25, 0.3) is 0 Å². The number of pyridine rings is 1. The van der Waals surface area contributed by atoms with Crippen molar-refractivity contribution < 1.29 is 0 Å². The van der Waals surface area contributed by atoms with Crippen molar-refractivity contribution in [3.05, 3.63) is 30.5 Å². The van der Waals surface area contributed by atoms with Gasteiger partial charge in [0, 0.05) is 30.7 Å². The van der Waals surface area contributed by atoms with Gasteiger partial charge < -0.3 is 16.0 Å². The number of piperidine rings is 1. The second kappa shape index (κ2) is 6.31. The summed E-state index contributed by atoms with van der Waals surface area (Å²) in [7, 11) is 0. The van der Waals surface area contributed by atoms with Gasteiger partial charge in [0.2, 0.25) is 0 Å². The summed E-state index contributed by atoms with van der Waals surface area (Å²) in [6, 6.07) is 8.59. The molecule has 1 aliphatic heterocycles. The zero-order valence-electron chi connectivity index (χ0n) is 12.7. The van der Waals surface area contributed by atoms with Gasteiger partial charge in [0.05, 0.1) is 16.9 Å². The van der Waals surface area contributed by atoms with E-state index in [0.29, 0.717) is 6.04 Å². The van der Waals surface area contributed by atoms with Gasteiger partial charge in [0.15, 0.2) is 0 Å². The third-order valence-corrected chi connectivity index (χ3v) is 4.31. The minimum Gasteiger partial charge on any atom is -0.397 e. The van der Waals surface area contributed by atoms with Crippen LogP contribution in [0.5, 0.6) is 0 Å². The molecule has 0 aliphatic carbocycles. The van der Waals surface area contributed by atoms with Crippen LogP contribution in [0.1, 0.15) is 26.2 Å². The summed E-state index contributed by atoms with van der Waals surface area (Å²) in [6.45, 7) is 5.83. The lowest BCUT2D eigenvalue weighted by Crippen LogP contribution is -2.39. The molecule has 112 valence electrons. The molecule has 3 rings (SSSR count). The summed E-state index contributed by atoms with van der Waals surface area (Å²) in [5.74, 6) is 0. The lowest BCUT2D eigenvalue weighted by atomic mass is 10.0. The van der Waals surface area contributed by atoms with E-state index in [9.17, 15) is 0 Å². The molecule has 0 amide bonds. The van der Waals surface area contributed by atoms with Gasteiger partial charge in [-0.3, -0.25) is 4.98 Å². The third-order valence-electron chi connectivity index (χ3n) is 4.31. The fourth-order valence-corrected chi connectivity index (χ4v) is 3.14. The summed E-state index contributed by atoms with van der Waals surface area (Å²) in [5, 5.41) is 4.66. The number of nitrogen functional groups attached to an aromatic ring is 1. The first-order valence-electron chi connectivity index (χ1n) is 7.90. The highest BCUT2D eigenvalue weighted by Crippen LogP contribution is 2.29. The van der Waals surface area contributed by atoms with Crippen molar-refractivity contribution in [1.82, 2.24) is 9.88 Å². The zero-order chi connectivity index (χ0) is 14.7. The van der Waals surface area contributed by atoms with E-state index in [2.05, 4.69) is 28.2 Å². The lowest BCUT2D eigenvalue weighted by Gasteiger charge is -2.32. The van der Waals surface area contributed by atoms with E-state index >= 15 is 0 Å². The molecule has 0 radical (unpaired) electrons. The molecular formula is C17H24N4. The number of likely N-dealkylation sites (tertiary alicyclic amines) is 1. The topological polar surface area (TPSA) is 54.2 Å². The van der Waals surface area contributed by atoms with Crippen LogP contribution in [0, 0.1) is 0 Å². The Morgan fingerprint density at radius 2 is 2.10 bits per heavy atom. The van der Waals surface area contributed by atoms with Crippen LogP contribution in [0.15, 0.2) is 30.5 Å². The van der Waals surface area contributed by atoms with Gasteiger partial charge >= 0.3 is 0 Å². The fraction of sp³-hybridized carbons (Fsp3) is 0.471. The summed E-state index contributed by atoms with van der Waals surface area (Å²) in [5.41, 5.74) is 9.12. The van der Waals surface area contributed by atoms with Gasteiger partial charge in [-0.25, -0.2) is 0 Å². The summed E-state index contributed by atoms with van der Waals surface area (Å²) in [4.78, 5) is 6.89. The lowest BCUT2D eigenvalue weighted by molar-refractivity contribution is 0.219. The molecule has 2 heterocycles. The zero-order valence-corrected chi connectivity index (χ0v) is 12.7. The number of anilines is 2. The molecule has 0 spiro atoms. The maximum Gasteiger partial charge on any atom is 0.0724 e. The number of hydrogen-bond acceptors (Lipinski definition) is 4. The van der Waals surface area contributed by atoms with Crippen LogP contribution in [0.4, 0.5) is 11.4 Å². The quantitative estimate of drug-likeness (QED) is 0.847. The predicted octanol–water partition coefficient (Wildman–Crippen LogP) is 3.10. The van der Waals surface area contributed by atoms with Crippen molar-refractivity contribution in [3.63, 3.8) is 0 Å². The fourth-order valence-electron chi connectivity index (χ4n) is 3.14. The molecule has 0 saturated carbocycles. The first-order valence-corrected chi connectivity index (χ1v) is 7.90. The van der Waals surface area contributed by atoms with Crippen LogP contribution in [0.2, 0.25) is 0 Å². The first kappa shape index (κ1) is 14.1. The largest absolute Gasteiger partial charge is 0.397 e. The highest BCUT2D eigenvalue weighted by molar-refractivity contribution is 5.96. The van der Waals surface area contributed by atoms with Gasteiger partial charge in [-0.2, -0.15) is 0 Å². The molecular weight excluding hydrogens is 260 g/mol. The standard InChI is InChI=1S/C17H24N4/c1-2-10-21-11-7-13(8-12-21)20-16-6-5-15-14(17(16)18)4-3-9-19-15/h3-6,9,13,20H,2,7-8,10-12,18H2,1H3. The number of nitrogens with zero attached hydrogens (tertiary/aromatic N) is 2. The van der Waals surface area contributed by atoms with Crippen LogP contribution in [0.25, 0.3) is 10.9 Å². The Morgan fingerprint density at radius 1 is 1.29 bits per heavy atom. The van der Waals surface area contributed by atoms with Crippen molar-refractivity contribution in [1.29, 1.82) is 0 Å². The number of fused-ring (bicyclic) bond motifs is 1. The predicted molar refractivity (Wildman–Crippen MR) is 89.5 cm³/mol. The second-order valence-electron chi connectivity index (χ2n) is 5.86. The maximum atomic E-state index is 6.30. The van der Waals surface area contributed by atoms with Gasteiger partial charge in [0.1, 0.15) is 0 Å². The van der Waals surface area contributed by atoms with Crippen molar-refractivity contribution in [2.75, 3.05) is 30.7 Å². The minimum absolute atomic E-state index is 0.523. The van der Waals surface area contributed by atoms with E-state index in [0.717, 1.165) is 22.3 Å². The van der Waals surface area contributed by atoms with E-state index in [1.807, 2.05) is 18.2 Å². The SMILES string of the molecule is CCCN1CCC(Nc2ccc3ncccc3c2N)CC1. The van der Waals surface area contributed by atoms with Crippen LogP contribution >= 0.6 is 0 Å². The summed E-state index contributed by atoms with van der Waals surface area (Å²) in [6.07, 6.45) is 5.41. The number of rotatable bonds is 4. The molecule has 21 heavy (non-hydrogen) atoms. The highest BCUT2D eigenvalue weighted by atomic mass is 15.1. The molecule has 4 heteroatoms. The summed E-state index contributed by atoms with van der Waals surface area (Å²) >= 11 is 0. The van der Waals surface area contributed by atoms with Crippen LogP contribution in [-0.2, 0) is 0 Å². The second-order valence-corrected chi connectivity index (χ2v) is 5.86. The maximum absolute atomic E-state index is 6.30. The number of aromatic nitrogens is 1. The van der Waals surface area contributed by atoms with Crippen LogP contribution < -0.4 is 11.1 Å². The molecule has 3 N–H and O–H groups in total. The van der Waals surface area contributed by atoms with E-state index < -0.39 is 0 Å². The van der Waals surface area contributed by atoms with Crippen molar-refractivity contribution in [2.24, 2.45) is 0 Å². The Labute approximate surface area is 126 Å². The van der Waals surface area contributed by atoms with Crippen LogP contribution in [-0.4, -0.2) is 35.6 Å². The van der Waals surface area contributed by atoms with Crippen molar-refractivity contribution in [3.8, 4) is 0 Å². The Balaban J connectivity index is 1.70.